The zero-order valence-electron chi connectivity index (χ0n) is 17.8. The van der Waals surface area contributed by atoms with Gasteiger partial charge in [0.2, 0.25) is 6.29 Å². The van der Waals surface area contributed by atoms with Crippen LogP contribution in [0.1, 0.15) is 91.9 Å². The van der Waals surface area contributed by atoms with Crippen LogP contribution in [-0.4, -0.2) is 36.5 Å². The molecule has 2 saturated carbocycles. The number of hydrogen-bond donors (Lipinski definition) is 0. The molecule has 1 radical (unpaired) electrons. The molecule has 4 atom stereocenters. The van der Waals surface area contributed by atoms with Crippen LogP contribution in [0.3, 0.4) is 0 Å². The van der Waals surface area contributed by atoms with E-state index < -0.39 is 5.60 Å². The average molecular weight is 380 g/mol. The van der Waals surface area contributed by atoms with E-state index in [0.29, 0.717) is 24.4 Å². The Balaban J connectivity index is 2.01. The highest BCUT2D eigenvalue weighted by Crippen LogP contribution is 2.38. The summed E-state index contributed by atoms with van der Waals surface area (Å²) in [5, 5.41) is 0. The Morgan fingerprint density at radius 1 is 1.11 bits per heavy atom. The van der Waals surface area contributed by atoms with Gasteiger partial charge in [-0.15, -0.1) is 0 Å². The van der Waals surface area contributed by atoms with Gasteiger partial charge in [-0.05, 0) is 50.4 Å². The molecule has 2 aliphatic rings. The maximum atomic E-state index is 12.4. The quantitative estimate of drug-likeness (QED) is 0.416. The fourth-order valence-electron chi connectivity index (χ4n) is 4.75. The third kappa shape index (κ3) is 6.39. The van der Waals surface area contributed by atoms with E-state index in [9.17, 15) is 9.59 Å². The van der Waals surface area contributed by atoms with Gasteiger partial charge in [0.25, 0.3) is 0 Å². The number of carbonyl (C=O) groups excluding carboxylic acids is 2. The van der Waals surface area contributed by atoms with Gasteiger partial charge in [0, 0.05) is 6.42 Å². The van der Waals surface area contributed by atoms with Crippen LogP contribution in [0.15, 0.2) is 0 Å². The van der Waals surface area contributed by atoms with E-state index in [0.717, 1.165) is 25.7 Å². The number of ether oxygens (including phenoxy) is 2. The Hall–Kier alpha value is -0.740. The standard InChI is InChI=1S/C23H39O4/c1-17(2)21-12-11-18(3)15-22(21)27-23(16-24,19(4)25)13-14-26-20-9-7-5-6-8-10-20/h17-18,20-22H,5-15H2,1-4H3. The van der Waals surface area contributed by atoms with Gasteiger partial charge in [-0.2, -0.15) is 0 Å². The number of ketones is 1. The molecule has 0 aliphatic heterocycles. The van der Waals surface area contributed by atoms with Crippen LogP contribution in [0.2, 0.25) is 0 Å². The van der Waals surface area contributed by atoms with E-state index in [4.69, 9.17) is 9.47 Å². The van der Waals surface area contributed by atoms with Crippen molar-refractivity contribution in [2.75, 3.05) is 6.61 Å². The lowest BCUT2D eigenvalue weighted by molar-refractivity contribution is -0.154. The highest BCUT2D eigenvalue weighted by Gasteiger charge is 2.43. The molecule has 0 aromatic carbocycles. The molecule has 0 aromatic heterocycles. The largest absolute Gasteiger partial charge is 0.378 e. The molecule has 4 unspecified atom stereocenters. The zero-order valence-corrected chi connectivity index (χ0v) is 17.8. The first-order chi connectivity index (χ1) is 12.9. The SMILES string of the molecule is CC(=O)C([C]=O)(CCOC1CCCCCC1)OC1CC(C)CCC1C(C)C. The number of Topliss-reactive ketones (excluding diaryl/α,β-unsaturated/α-hetero) is 1. The van der Waals surface area contributed by atoms with Crippen LogP contribution in [0, 0.1) is 17.8 Å². The molecule has 0 heterocycles. The van der Waals surface area contributed by atoms with E-state index in [-0.39, 0.29) is 24.4 Å². The number of carbonyl (C=O) groups is 1. The van der Waals surface area contributed by atoms with E-state index in [1.165, 1.54) is 39.0 Å². The zero-order chi connectivity index (χ0) is 19.9. The predicted molar refractivity (Wildman–Crippen MR) is 107 cm³/mol. The number of hydrogen-bond acceptors (Lipinski definition) is 4. The smallest absolute Gasteiger partial charge is 0.241 e. The lowest BCUT2D eigenvalue weighted by atomic mass is 9.75. The molecular weight excluding hydrogens is 340 g/mol. The summed E-state index contributed by atoms with van der Waals surface area (Å²) in [4.78, 5) is 24.3. The summed E-state index contributed by atoms with van der Waals surface area (Å²) in [7, 11) is 0. The molecule has 2 fully saturated rings. The second-order valence-electron chi connectivity index (χ2n) is 9.20. The van der Waals surface area contributed by atoms with Gasteiger partial charge < -0.3 is 9.47 Å². The summed E-state index contributed by atoms with van der Waals surface area (Å²) >= 11 is 0. The predicted octanol–water partition coefficient (Wildman–Crippen LogP) is 5.03. The van der Waals surface area contributed by atoms with Crippen LogP contribution in [0.25, 0.3) is 0 Å². The van der Waals surface area contributed by atoms with Crippen molar-refractivity contribution in [1.29, 1.82) is 0 Å². The molecule has 0 amide bonds. The van der Waals surface area contributed by atoms with Gasteiger partial charge in [-0.25, -0.2) is 0 Å². The van der Waals surface area contributed by atoms with Gasteiger partial charge in [0.1, 0.15) is 0 Å². The lowest BCUT2D eigenvalue weighted by Crippen LogP contribution is -2.49. The minimum absolute atomic E-state index is 0.0584. The summed E-state index contributed by atoms with van der Waals surface area (Å²) in [6.07, 6.45) is 12.8. The number of rotatable bonds is 9. The fourth-order valence-corrected chi connectivity index (χ4v) is 4.75. The second kappa shape index (κ2) is 10.7. The summed E-state index contributed by atoms with van der Waals surface area (Å²) in [5.41, 5.74) is -1.47. The van der Waals surface area contributed by atoms with E-state index in [1.807, 2.05) is 6.29 Å². The molecule has 0 aromatic rings. The highest BCUT2D eigenvalue weighted by atomic mass is 16.5. The first-order valence-corrected chi connectivity index (χ1v) is 11.1. The Kier molecular flexibility index (Phi) is 8.94. The Labute approximate surface area is 165 Å². The normalized spacial score (nSPS) is 29.9. The van der Waals surface area contributed by atoms with Gasteiger partial charge in [0.15, 0.2) is 11.4 Å². The van der Waals surface area contributed by atoms with Crippen molar-refractivity contribution in [3.8, 4) is 0 Å². The third-order valence-corrected chi connectivity index (χ3v) is 6.66. The molecular formula is C23H39O4. The van der Waals surface area contributed by atoms with Gasteiger partial charge in [0.05, 0.1) is 18.8 Å². The first kappa shape index (κ1) is 22.5. The summed E-state index contributed by atoms with van der Waals surface area (Å²) in [5.74, 6) is 1.17. The lowest BCUT2D eigenvalue weighted by Gasteiger charge is -2.41. The molecule has 0 bridgehead atoms. The van der Waals surface area contributed by atoms with Crippen LogP contribution >= 0.6 is 0 Å². The highest BCUT2D eigenvalue weighted by molar-refractivity contribution is 6.00. The summed E-state index contributed by atoms with van der Waals surface area (Å²) in [6, 6.07) is 0. The first-order valence-electron chi connectivity index (χ1n) is 11.1. The van der Waals surface area contributed by atoms with E-state index >= 15 is 0 Å². The monoisotopic (exact) mass is 379 g/mol. The molecule has 155 valence electrons. The molecule has 2 rings (SSSR count). The Bertz CT molecular complexity index is 467. The van der Waals surface area contributed by atoms with Crippen molar-refractivity contribution in [2.24, 2.45) is 17.8 Å². The van der Waals surface area contributed by atoms with Crippen molar-refractivity contribution in [3.63, 3.8) is 0 Å². The third-order valence-electron chi connectivity index (χ3n) is 6.66. The van der Waals surface area contributed by atoms with Gasteiger partial charge in [-0.3, -0.25) is 9.59 Å². The molecule has 27 heavy (non-hydrogen) atoms. The summed E-state index contributed by atoms with van der Waals surface area (Å²) < 4.78 is 12.3. The Morgan fingerprint density at radius 2 is 1.78 bits per heavy atom. The van der Waals surface area contributed by atoms with Crippen LogP contribution < -0.4 is 0 Å². The van der Waals surface area contributed by atoms with Crippen molar-refractivity contribution in [3.05, 3.63) is 0 Å². The molecule has 0 spiro atoms. The minimum atomic E-state index is -1.47. The summed E-state index contributed by atoms with van der Waals surface area (Å²) in [6.45, 7) is 8.46. The maximum Gasteiger partial charge on any atom is 0.241 e. The Morgan fingerprint density at radius 3 is 2.33 bits per heavy atom. The van der Waals surface area contributed by atoms with Crippen LogP contribution in [-0.2, 0) is 19.1 Å². The molecule has 4 nitrogen and oxygen atoms in total. The van der Waals surface area contributed by atoms with E-state index in [1.54, 1.807) is 0 Å². The van der Waals surface area contributed by atoms with Crippen molar-refractivity contribution in [2.45, 2.75) is 110 Å². The van der Waals surface area contributed by atoms with Crippen LogP contribution in [0.5, 0.6) is 0 Å². The van der Waals surface area contributed by atoms with Gasteiger partial charge >= 0.3 is 0 Å². The van der Waals surface area contributed by atoms with Crippen molar-refractivity contribution < 1.29 is 19.1 Å². The fraction of sp³-hybridized carbons (Fsp3) is 0.913. The van der Waals surface area contributed by atoms with E-state index in [2.05, 4.69) is 20.8 Å². The maximum absolute atomic E-state index is 12.4. The molecule has 0 N–H and O–H groups in total. The minimum Gasteiger partial charge on any atom is -0.378 e. The molecule has 2 aliphatic carbocycles. The topological polar surface area (TPSA) is 52.6 Å². The van der Waals surface area contributed by atoms with Crippen molar-refractivity contribution in [1.82, 2.24) is 0 Å². The average Bonchev–Trinajstić information content (AvgIpc) is 2.89. The second-order valence-corrected chi connectivity index (χ2v) is 9.20. The van der Waals surface area contributed by atoms with Crippen LogP contribution in [0.4, 0.5) is 0 Å². The van der Waals surface area contributed by atoms with Gasteiger partial charge in [-0.1, -0.05) is 52.9 Å². The van der Waals surface area contributed by atoms with Crippen molar-refractivity contribution >= 4 is 12.1 Å². The molecule has 4 heteroatoms. The molecule has 0 saturated heterocycles.